The van der Waals surface area contributed by atoms with E-state index < -0.39 is 0 Å². The summed E-state index contributed by atoms with van der Waals surface area (Å²) in [7, 11) is 0. The summed E-state index contributed by atoms with van der Waals surface area (Å²) in [6, 6.07) is 47.7. The molecule has 0 radical (unpaired) electrons. The summed E-state index contributed by atoms with van der Waals surface area (Å²) in [5.74, 6) is 0. The molecule has 1 aliphatic heterocycles. The summed E-state index contributed by atoms with van der Waals surface area (Å²) in [5, 5.41) is 11.2. The maximum Gasteiger partial charge on any atom is 0.0725 e. The zero-order chi connectivity index (χ0) is 29.0. The van der Waals surface area contributed by atoms with Crippen LogP contribution in [0.2, 0.25) is 0 Å². The van der Waals surface area contributed by atoms with Crippen molar-refractivity contribution >= 4 is 55.1 Å². The van der Waals surface area contributed by atoms with Crippen LogP contribution in [0.25, 0.3) is 71.8 Å². The van der Waals surface area contributed by atoms with E-state index in [1.807, 2.05) is 24.4 Å². The van der Waals surface area contributed by atoms with Crippen LogP contribution in [-0.2, 0) is 0 Å². The second kappa shape index (κ2) is 9.89. The highest BCUT2D eigenvalue weighted by Crippen LogP contribution is 2.39. The summed E-state index contributed by atoms with van der Waals surface area (Å²) in [6.07, 6.45) is 6.39. The van der Waals surface area contributed by atoms with Gasteiger partial charge < -0.3 is 5.32 Å². The van der Waals surface area contributed by atoms with Crippen LogP contribution >= 0.6 is 0 Å². The number of rotatable bonds is 3. The number of hydrogen-bond donors (Lipinski definition) is 1. The lowest BCUT2D eigenvalue weighted by molar-refractivity contribution is 0.981. The van der Waals surface area contributed by atoms with E-state index in [2.05, 4.69) is 138 Å². The number of hydrogen-bond acceptors (Lipinski definition) is 3. The molecule has 2 aromatic heterocycles. The average molecular weight is 562 g/mol. The van der Waals surface area contributed by atoms with Crippen LogP contribution in [0.3, 0.4) is 0 Å². The van der Waals surface area contributed by atoms with Crippen molar-refractivity contribution in [1.82, 2.24) is 9.97 Å². The van der Waals surface area contributed by atoms with Gasteiger partial charge in [-0.1, -0.05) is 109 Å². The normalized spacial score (nSPS) is 14.2. The zero-order valence-electron chi connectivity index (χ0n) is 23.9. The number of nitrogens with zero attached hydrogens (tertiary/aromatic N) is 2. The lowest BCUT2D eigenvalue weighted by atomic mass is 9.91. The monoisotopic (exact) mass is 561 g/mol. The standard InChI is InChI=1S/C41H27N3/c1-3-9-33-28(7-1)22-36(35-11-5-4-10-34(33)35)29-15-13-26-17-19-38(43-40(26)23-29)31-16-14-27-18-20-39(44-41(27)24-31)32-21-30-8-2-6-12-37(30)42-25-32/h1-25,38,43H. The van der Waals surface area contributed by atoms with Gasteiger partial charge in [0.1, 0.15) is 0 Å². The topological polar surface area (TPSA) is 37.8 Å². The molecule has 0 fully saturated rings. The molecule has 1 aliphatic rings. The van der Waals surface area contributed by atoms with Gasteiger partial charge in [0.25, 0.3) is 0 Å². The molecule has 206 valence electrons. The maximum atomic E-state index is 5.07. The van der Waals surface area contributed by atoms with Gasteiger partial charge in [0.05, 0.1) is 22.8 Å². The predicted molar refractivity (Wildman–Crippen MR) is 185 cm³/mol. The predicted octanol–water partition coefficient (Wildman–Crippen LogP) is 10.6. The summed E-state index contributed by atoms with van der Waals surface area (Å²) in [6.45, 7) is 0. The lowest BCUT2D eigenvalue weighted by Gasteiger charge is -2.24. The summed E-state index contributed by atoms with van der Waals surface area (Å²) in [5.41, 5.74) is 9.89. The first-order valence-electron chi connectivity index (χ1n) is 15.0. The first-order chi connectivity index (χ1) is 21.8. The van der Waals surface area contributed by atoms with E-state index in [4.69, 9.17) is 4.98 Å². The van der Waals surface area contributed by atoms with Gasteiger partial charge in [-0.25, -0.2) is 4.98 Å². The Morgan fingerprint density at radius 3 is 2.27 bits per heavy atom. The van der Waals surface area contributed by atoms with E-state index >= 15 is 0 Å². The van der Waals surface area contributed by atoms with Gasteiger partial charge >= 0.3 is 0 Å². The molecule has 8 aromatic rings. The van der Waals surface area contributed by atoms with Gasteiger partial charge in [-0.3, -0.25) is 4.98 Å². The quantitative estimate of drug-likeness (QED) is 0.218. The largest absolute Gasteiger partial charge is 0.374 e. The molecular formula is C41H27N3. The van der Waals surface area contributed by atoms with Gasteiger partial charge in [0, 0.05) is 28.2 Å². The molecule has 0 spiro atoms. The fraction of sp³-hybridized carbons (Fsp3) is 0.0244. The Hall–Kier alpha value is -5.80. The van der Waals surface area contributed by atoms with Crippen molar-refractivity contribution in [2.75, 3.05) is 5.32 Å². The molecule has 0 saturated heterocycles. The van der Waals surface area contributed by atoms with E-state index in [0.717, 1.165) is 38.8 Å². The summed E-state index contributed by atoms with van der Waals surface area (Å²) < 4.78 is 0. The fourth-order valence-corrected chi connectivity index (χ4v) is 6.60. The molecule has 9 rings (SSSR count). The first-order valence-corrected chi connectivity index (χ1v) is 15.0. The Morgan fingerprint density at radius 1 is 0.545 bits per heavy atom. The van der Waals surface area contributed by atoms with E-state index in [0.29, 0.717) is 0 Å². The minimum Gasteiger partial charge on any atom is -0.374 e. The number of fused-ring (bicyclic) bond motifs is 6. The molecule has 1 atom stereocenters. The number of nitrogens with one attached hydrogen (secondary N) is 1. The minimum absolute atomic E-state index is 0.0447. The van der Waals surface area contributed by atoms with Crippen LogP contribution < -0.4 is 5.32 Å². The van der Waals surface area contributed by atoms with Crippen molar-refractivity contribution in [1.29, 1.82) is 0 Å². The van der Waals surface area contributed by atoms with Gasteiger partial charge in [-0.15, -0.1) is 0 Å². The molecular weight excluding hydrogens is 534 g/mol. The van der Waals surface area contributed by atoms with Crippen LogP contribution in [0.1, 0.15) is 17.2 Å². The van der Waals surface area contributed by atoms with Gasteiger partial charge in [-0.05, 0) is 80.2 Å². The Balaban J connectivity index is 1.07. The van der Waals surface area contributed by atoms with Crippen molar-refractivity contribution in [3.05, 3.63) is 157 Å². The smallest absolute Gasteiger partial charge is 0.0725 e. The SMILES string of the molecule is C1=CC(c2ccc3ccc(-c4cnc5ccccc5c4)nc3c2)Nc2cc(-c3cc4ccccc4c4ccccc34)ccc21. The van der Waals surface area contributed by atoms with Crippen molar-refractivity contribution in [3.8, 4) is 22.4 Å². The van der Waals surface area contributed by atoms with E-state index in [1.165, 1.54) is 43.8 Å². The molecule has 3 nitrogen and oxygen atoms in total. The summed E-state index contributed by atoms with van der Waals surface area (Å²) >= 11 is 0. The molecule has 0 aliphatic carbocycles. The third-order valence-electron chi connectivity index (χ3n) is 8.87. The summed E-state index contributed by atoms with van der Waals surface area (Å²) in [4.78, 5) is 9.72. The van der Waals surface area contributed by atoms with Crippen molar-refractivity contribution in [2.24, 2.45) is 0 Å². The molecule has 0 amide bonds. The Labute approximate surface area is 255 Å². The van der Waals surface area contributed by atoms with Crippen LogP contribution in [0, 0.1) is 0 Å². The van der Waals surface area contributed by atoms with E-state index in [9.17, 15) is 0 Å². The average Bonchev–Trinajstić information content (AvgIpc) is 3.10. The first kappa shape index (κ1) is 24.8. The van der Waals surface area contributed by atoms with Crippen molar-refractivity contribution in [3.63, 3.8) is 0 Å². The van der Waals surface area contributed by atoms with Crippen LogP contribution in [0.15, 0.2) is 146 Å². The number of anilines is 1. The Bertz CT molecular complexity index is 2440. The molecule has 1 unspecified atom stereocenters. The molecule has 0 saturated carbocycles. The number of pyridine rings is 2. The number of aromatic nitrogens is 2. The van der Waals surface area contributed by atoms with E-state index in [1.54, 1.807) is 0 Å². The van der Waals surface area contributed by atoms with Crippen LogP contribution in [0.4, 0.5) is 5.69 Å². The van der Waals surface area contributed by atoms with Crippen LogP contribution in [0.5, 0.6) is 0 Å². The molecule has 1 N–H and O–H groups in total. The van der Waals surface area contributed by atoms with Gasteiger partial charge in [0.2, 0.25) is 0 Å². The third kappa shape index (κ3) is 4.13. The van der Waals surface area contributed by atoms with Crippen LogP contribution in [-0.4, -0.2) is 9.97 Å². The maximum absolute atomic E-state index is 5.07. The third-order valence-corrected chi connectivity index (χ3v) is 8.87. The minimum atomic E-state index is 0.0447. The van der Waals surface area contributed by atoms with Gasteiger partial charge in [0.15, 0.2) is 0 Å². The van der Waals surface area contributed by atoms with Crippen molar-refractivity contribution < 1.29 is 0 Å². The van der Waals surface area contributed by atoms with Crippen molar-refractivity contribution in [2.45, 2.75) is 6.04 Å². The highest BCUT2D eigenvalue weighted by molar-refractivity contribution is 6.14. The highest BCUT2D eigenvalue weighted by Gasteiger charge is 2.17. The second-order valence-electron chi connectivity index (χ2n) is 11.5. The molecule has 6 aromatic carbocycles. The second-order valence-corrected chi connectivity index (χ2v) is 11.5. The Kier molecular flexibility index (Phi) is 5.57. The van der Waals surface area contributed by atoms with E-state index in [-0.39, 0.29) is 6.04 Å². The molecule has 0 bridgehead atoms. The van der Waals surface area contributed by atoms with Gasteiger partial charge in [-0.2, -0.15) is 0 Å². The number of para-hydroxylation sites is 1. The molecule has 44 heavy (non-hydrogen) atoms. The fourth-order valence-electron chi connectivity index (χ4n) is 6.60. The lowest BCUT2D eigenvalue weighted by Crippen LogP contribution is -2.12. The Morgan fingerprint density at radius 2 is 1.34 bits per heavy atom. The number of benzene rings is 6. The highest BCUT2D eigenvalue weighted by atomic mass is 14.9. The molecule has 3 heterocycles. The molecule has 3 heteroatoms. The zero-order valence-corrected chi connectivity index (χ0v) is 23.9.